The van der Waals surface area contributed by atoms with Crippen LogP contribution in [-0.2, 0) is 0 Å². The van der Waals surface area contributed by atoms with Crippen molar-refractivity contribution in [3.8, 4) is 11.5 Å². The molecule has 1 heterocycles. The second-order valence-electron chi connectivity index (χ2n) is 2.24. The first-order valence-electron chi connectivity index (χ1n) is 3.55. The van der Waals surface area contributed by atoms with Gasteiger partial charge in [-0.1, -0.05) is 0 Å². The summed E-state index contributed by atoms with van der Waals surface area (Å²) in [5.41, 5.74) is 9.24. The Hall–Kier alpha value is -0.382. The zero-order valence-electron chi connectivity index (χ0n) is 7.01. The molecule has 2 rings (SSSR count). The summed E-state index contributed by atoms with van der Waals surface area (Å²) in [7, 11) is 5.72. The van der Waals surface area contributed by atoms with Gasteiger partial charge in [0.1, 0.15) is 0 Å². The van der Waals surface area contributed by atoms with E-state index in [1.807, 2.05) is 24.3 Å². The molecule has 0 amide bonds. The van der Waals surface area contributed by atoms with Gasteiger partial charge in [-0.25, -0.2) is 0 Å². The monoisotopic (exact) mass is 340 g/mol. The Bertz CT molecular complexity index is 310. The second kappa shape index (κ2) is 5.49. The van der Waals surface area contributed by atoms with Crippen LogP contribution in [0.3, 0.4) is 0 Å². The molecule has 0 saturated carbocycles. The van der Waals surface area contributed by atoms with Crippen molar-refractivity contribution in [1.29, 1.82) is 0 Å². The summed E-state index contributed by atoms with van der Waals surface area (Å²) < 4.78 is 10.5. The molecule has 7 heteroatoms. The Kier molecular flexibility index (Phi) is 4.58. The Morgan fingerprint density at radius 2 is 1.57 bits per heavy atom. The molecule has 14 heavy (non-hydrogen) atoms. The zero-order valence-corrected chi connectivity index (χ0v) is 11.1. The van der Waals surface area contributed by atoms with Gasteiger partial charge in [-0.3, -0.25) is 0 Å². The molecule has 0 spiro atoms. The van der Waals surface area contributed by atoms with Crippen LogP contribution < -0.4 is 17.5 Å². The summed E-state index contributed by atoms with van der Waals surface area (Å²) in [6.07, 6.45) is 0. The van der Waals surface area contributed by atoms with Crippen LogP contribution in [0.1, 0.15) is 0 Å². The van der Waals surface area contributed by atoms with Gasteiger partial charge < -0.3 is 11.5 Å². The molecular formula is C7H8ClN2O2SSb. The third-order valence-electron chi connectivity index (χ3n) is 1.19. The molecule has 0 bridgehead atoms. The molecule has 0 unspecified atom stereocenters. The molecule has 1 aliphatic rings. The van der Waals surface area contributed by atoms with E-state index in [2.05, 4.69) is 23.7 Å². The van der Waals surface area contributed by atoms with Crippen molar-refractivity contribution in [2.24, 2.45) is 11.5 Å². The van der Waals surface area contributed by atoms with Crippen LogP contribution in [0.2, 0.25) is 0 Å². The number of rotatable bonds is 0. The molecule has 1 aliphatic heterocycles. The number of para-hydroxylation sites is 2. The van der Waals surface area contributed by atoms with Crippen LogP contribution in [-0.4, -0.2) is 25.0 Å². The maximum atomic E-state index is 5.72. The van der Waals surface area contributed by atoms with Crippen LogP contribution in [0.15, 0.2) is 24.3 Å². The van der Waals surface area contributed by atoms with Gasteiger partial charge in [0.2, 0.25) is 0 Å². The van der Waals surface area contributed by atoms with E-state index in [0.717, 1.165) is 11.5 Å². The van der Waals surface area contributed by atoms with Gasteiger partial charge >= 0.3 is 70.5 Å². The summed E-state index contributed by atoms with van der Waals surface area (Å²) in [5.74, 6) is 1.58. The van der Waals surface area contributed by atoms with Gasteiger partial charge in [0.05, 0.1) is 0 Å². The van der Waals surface area contributed by atoms with Crippen molar-refractivity contribution >= 4 is 46.1 Å². The predicted octanol–water partition coefficient (Wildman–Crippen LogP) is 0.870. The third-order valence-corrected chi connectivity index (χ3v) is 4.06. The zero-order chi connectivity index (χ0) is 10.6. The normalized spacial score (nSPS) is 12.9. The van der Waals surface area contributed by atoms with Crippen molar-refractivity contribution in [3.05, 3.63) is 24.3 Å². The van der Waals surface area contributed by atoms with Gasteiger partial charge in [-0.2, -0.15) is 0 Å². The SMILES string of the molecule is NC(N)=S.[Cl][Sb]1[O]c2ccccc2[O]1. The molecule has 0 aliphatic carbocycles. The molecule has 76 valence electrons. The molecule has 1 aromatic carbocycles. The number of nitrogens with two attached hydrogens (primary N) is 2. The van der Waals surface area contributed by atoms with Gasteiger partial charge in [0.25, 0.3) is 0 Å². The number of halogens is 1. The quantitative estimate of drug-likeness (QED) is 0.541. The predicted molar refractivity (Wildman–Crippen MR) is 60.3 cm³/mol. The molecule has 0 radical (unpaired) electrons. The van der Waals surface area contributed by atoms with Crippen molar-refractivity contribution < 1.29 is 6.03 Å². The number of hydrogen-bond donors (Lipinski definition) is 2. The molecule has 0 aromatic heterocycles. The van der Waals surface area contributed by atoms with Crippen LogP contribution in [0.4, 0.5) is 0 Å². The molecule has 1 aromatic rings. The Morgan fingerprint density at radius 3 is 1.93 bits per heavy atom. The van der Waals surface area contributed by atoms with Crippen LogP contribution in [0, 0.1) is 0 Å². The third kappa shape index (κ3) is 3.78. The summed E-state index contributed by atoms with van der Waals surface area (Å²) in [6.45, 7) is 0. The van der Waals surface area contributed by atoms with Gasteiger partial charge in [-0.15, -0.1) is 0 Å². The Balaban J connectivity index is 0.000000213. The molecule has 0 saturated heterocycles. The number of benzene rings is 1. The van der Waals surface area contributed by atoms with Crippen LogP contribution in [0.25, 0.3) is 0 Å². The van der Waals surface area contributed by atoms with Crippen LogP contribution in [0.5, 0.6) is 11.5 Å². The van der Waals surface area contributed by atoms with E-state index >= 15 is 0 Å². The molecule has 0 atom stereocenters. The average molecular weight is 341 g/mol. The summed E-state index contributed by atoms with van der Waals surface area (Å²) >= 11 is 1.84. The number of hydrogen-bond acceptors (Lipinski definition) is 3. The Labute approximate surface area is 98.9 Å². The van der Waals surface area contributed by atoms with E-state index in [9.17, 15) is 0 Å². The summed E-state index contributed by atoms with van der Waals surface area (Å²) in [6, 6.07) is 7.53. The molecule has 4 nitrogen and oxygen atoms in total. The van der Waals surface area contributed by atoms with E-state index in [0.29, 0.717) is 0 Å². The van der Waals surface area contributed by atoms with Crippen molar-refractivity contribution in [2.75, 3.05) is 0 Å². The van der Waals surface area contributed by atoms with E-state index in [1.54, 1.807) is 0 Å². The minimum atomic E-state index is -2.25. The fourth-order valence-electron chi connectivity index (χ4n) is 0.774. The first-order valence-corrected chi connectivity index (χ1v) is 9.28. The number of fused-ring (bicyclic) bond motifs is 1. The fraction of sp³-hybridized carbons (Fsp3) is 0. The van der Waals surface area contributed by atoms with Crippen LogP contribution >= 0.6 is 21.0 Å². The summed E-state index contributed by atoms with van der Waals surface area (Å²) in [4.78, 5) is 0. The van der Waals surface area contributed by atoms with Gasteiger partial charge in [0.15, 0.2) is 5.11 Å². The van der Waals surface area contributed by atoms with E-state index in [-0.39, 0.29) is 5.11 Å². The van der Waals surface area contributed by atoms with Crippen molar-refractivity contribution in [2.45, 2.75) is 0 Å². The first-order chi connectivity index (χ1) is 6.59. The van der Waals surface area contributed by atoms with Gasteiger partial charge in [-0.05, 0) is 12.2 Å². The molecule has 0 fully saturated rings. The van der Waals surface area contributed by atoms with E-state index in [1.165, 1.54) is 0 Å². The molecule has 4 N–H and O–H groups in total. The second-order valence-corrected chi connectivity index (χ2v) is 6.82. The molecular weight excluding hydrogens is 333 g/mol. The van der Waals surface area contributed by atoms with Gasteiger partial charge in [0, 0.05) is 0 Å². The van der Waals surface area contributed by atoms with Crippen molar-refractivity contribution in [3.63, 3.8) is 0 Å². The minimum absolute atomic E-state index is 0.000000000000000222. The summed E-state index contributed by atoms with van der Waals surface area (Å²) in [5, 5.41) is 0.000000000000000222. The topological polar surface area (TPSA) is 70.5 Å². The average Bonchev–Trinajstić information content (AvgIpc) is 2.42. The van der Waals surface area contributed by atoms with E-state index < -0.39 is 19.9 Å². The Morgan fingerprint density at radius 1 is 1.21 bits per heavy atom. The van der Waals surface area contributed by atoms with Crippen molar-refractivity contribution in [1.82, 2.24) is 0 Å². The first kappa shape index (κ1) is 11.7. The number of thiocarbonyl (C=S) groups is 1. The standard InChI is InChI=1S/C6H6O2.CH4N2S.ClH.Sb/c7-5-3-1-2-4-6(5)8;2-1(3)4;;/h1-4,7-8H;(H4,2,3,4);1H;/q;;;+3/p-3. The fourth-order valence-corrected chi connectivity index (χ4v) is 3.62. The maximum absolute atomic E-state index is 5.72. The van der Waals surface area contributed by atoms with E-state index in [4.69, 9.17) is 14.9 Å².